The Kier molecular flexibility index (Phi) is 6.85. The van der Waals surface area contributed by atoms with Crippen molar-refractivity contribution in [1.82, 2.24) is 10.3 Å². The van der Waals surface area contributed by atoms with E-state index in [9.17, 15) is 0 Å². The lowest BCUT2D eigenvalue weighted by molar-refractivity contribution is 0.357. The SMILES string of the molecule is C[C@@H]1C[C@@H](C)CN(c2ccc(N3C(=S)N[C@@H](c4ccccn4)[C@@H]3c3ccc(-c4ccccc4)o3)cc2Cl)C1. The normalized spacial score (nSPS) is 23.5. The highest BCUT2D eigenvalue weighted by Gasteiger charge is 2.43. The molecule has 0 unspecified atom stereocenters. The Morgan fingerprint density at radius 2 is 1.71 bits per heavy atom. The van der Waals surface area contributed by atoms with E-state index in [-0.39, 0.29) is 12.1 Å². The second kappa shape index (κ2) is 10.4. The van der Waals surface area contributed by atoms with Crippen LogP contribution < -0.4 is 15.1 Å². The largest absolute Gasteiger partial charge is 0.459 e. The zero-order valence-corrected chi connectivity index (χ0v) is 23.1. The van der Waals surface area contributed by atoms with Gasteiger partial charge in [0.1, 0.15) is 17.6 Å². The van der Waals surface area contributed by atoms with Gasteiger partial charge >= 0.3 is 0 Å². The molecule has 0 aliphatic carbocycles. The first-order valence-corrected chi connectivity index (χ1v) is 14.0. The number of pyridine rings is 1. The van der Waals surface area contributed by atoms with Crippen LogP contribution in [0.3, 0.4) is 0 Å². The fourth-order valence-electron chi connectivity index (χ4n) is 5.95. The Labute approximate surface area is 234 Å². The van der Waals surface area contributed by atoms with Gasteiger partial charge in [0.15, 0.2) is 5.11 Å². The van der Waals surface area contributed by atoms with Crippen molar-refractivity contribution in [1.29, 1.82) is 0 Å². The quantitative estimate of drug-likeness (QED) is 0.261. The Morgan fingerprint density at radius 3 is 2.42 bits per heavy atom. The van der Waals surface area contributed by atoms with Gasteiger partial charge in [-0.05, 0) is 72.9 Å². The molecule has 5 nitrogen and oxygen atoms in total. The van der Waals surface area contributed by atoms with Gasteiger partial charge < -0.3 is 19.5 Å². The van der Waals surface area contributed by atoms with Crippen LogP contribution in [0.5, 0.6) is 0 Å². The van der Waals surface area contributed by atoms with Crippen LogP contribution in [-0.4, -0.2) is 23.2 Å². The Bertz CT molecular complexity index is 1420. The van der Waals surface area contributed by atoms with E-state index in [1.807, 2.05) is 60.8 Å². The first-order valence-electron chi connectivity index (χ1n) is 13.2. The summed E-state index contributed by atoms with van der Waals surface area (Å²) < 4.78 is 6.47. The molecule has 0 spiro atoms. The number of hydrogen-bond donors (Lipinski definition) is 1. The number of rotatable bonds is 5. The van der Waals surface area contributed by atoms with Gasteiger partial charge in [0.05, 0.1) is 22.4 Å². The lowest BCUT2D eigenvalue weighted by atomic mass is 9.91. The van der Waals surface area contributed by atoms with Crippen molar-refractivity contribution in [2.45, 2.75) is 32.4 Å². The van der Waals surface area contributed by atoms with E-state index in [1.165, 1.54) is 6.42 Å². The third-order valence-electron chi connectivity index (χ3n) is 7.49. The first-order chi connectivity index (χ1) is 18.5. The maximum atomic E-state index is 6.95. The van der Waals surface area contributed by atoms with Crippen molar-refractivity contribution in [3.63, 3.8) is 0 Å². The minimum absolute atomic E-state index is 0.180. The molecule has 2 fully saturated rings. The molecule has 4 atom stereocenters. The van der Waals surface area contributed by atoms with Crippen LogP contribution in [0, 0.1) is 11.8 Å². The van der Waals surface area contributed by atoms with E-state index >= 15 is 0 Å². The number of piperidine rings is 1. The van der Waals surface area contributed by atoms with Crippen LogP contribution in [0.25, 0.3) is 11.3 Å². The monoisotopic (exact) mass is 542 g/mol. The molecule has 4 aromatic rings. The number of nitrogens with one attached hydrogen (secondary N) is 1. The van der Waals surface area contributed by atoms with E-state index in [2.05, 4.69) is 58.2 Å². The zero-order valence-electron chi connectivity index (χ0n) is 21.5. The van der Waals surface area contributed by atoms with Gasteiger partial charge in [0.2, 0.25) is 0 Å². The molecule has 1 N–H and O–H groups in total. The number of aromatic nitrogens is 1. The molecule has 7 heteroatoms. The van der Waals surface area contributed by atoms with E-state index in [1.54, 1.807) is 0 Å². The van der Waals surface area contributed by atoms with Crippen LogP contribution >= 0.6 is 23.8 Å². The summed E-state index contributed by atoms with van der Waals surface area (Å²) >= 11 is 12.8. The number of nitrogens with zero attached hydrogens (tertiary/aromatic N) is 3. The molecule has 38 heavy (non-hydrogen) atoms. The van der Waals surface area contributed by atoms with Crippen LogP contribution in [0.2, 0.25) is 5.02 Å². The molecule has 0 amide bonds. The molecule has 0 saturated carbocycles. The number of halogens is 1. The Balaban J connectivity index is 1.38. The third-order valence-corrected chi connectivity index (χ3v) is 8.11. The van der Waals surface area contributed by atoms with Crippen LogP contribution in [0.1, 0.15) is 43.8 Å². The van der Waals surface area contributed by atoms with Crippen molar-refractivity contribution in [3.05, 3.63) is 102 Å². The van der Waals surface area contributed by atoms with Gasteiger partial charge in [0.25, 0.3) is 0 Å². The fraction of sp³-hybridized carbons (Fsp3) is 0.290. The van der Waals surface area contributed by atoms with Crippen LogP contribution in [-0.2, 0) is 0 Å². The smallest absolute Gasteiger partial charge is 0.174 e. The molecule has 2 aromatic heterocycles. The maximum Gasteiger partial charge on any atom is 0.174 e. The molecule has 2 aromatic carbocycles. The highest BCUT2D eigenvalue weighted by molar-refractivity contribution is 7.80. The molecule has 2 saturated heterocycles. The minimum Gasteiger partial charge on any atom is -0.459 e. The number of anilines is 2. The predicted octanol–water partition coefficient (Wildman–Crippen LogP) is 7.65. The van der Waals surface area contributed by atoms with Crippen LogP contribution in [0.4, 0.5) is 11.4 Å². The summed E-state index contributed by atoms with van der Waals surface area (Å²) in [5.74, 6) is 2.92. The highest BCUT2D eigenvalue weighted by Crippen LogP contribution is 2.44. The van der Waals surface area contributed by atoms with Gasteiger partial charge in [0, 0.05) is 30.5 Å². The summed E-state index contributed by atoms with van der Waals surface area (Å²) in [5.41, 5.74) is 3.94. The van der Waals surface area contributed by atoms with Crippen molar-refractivity contribution >= 4 is 40.3 Å². The lowest BCUT2D eigenvalue weighted by Gasteiger charge is -2.37. The van der Waals surface area contributed by atoms with Gasteiger partial charge in [-0.15, -0.1) is 0 Å². The standard InChI is InChI=1S/C31H31ClN4OS/c1-20-16-21(2)19-35(18-20)26-12-11-23(17-24(26)32)36-30(29(34-31(36)38)25-10-6-7-15-33-25)28-14-13-27(37-28)22-8-4-3-5-9-22/h3-15,17,20-21,29-30H,16,18-19H2,1-2H3,(H,34,38)/t20-,21-,29+,30+/m1/s1. The van der Waals surface area contributed by atoms with Gasteiger partial charge in [-0.1, -0.05) is 61.8 Å². The lowest BCUT2D eigenvalue weighted by Crippen LogP contribution is -2.38. The average Bonchev–Trinajstić information content (AvgIpc) is 3.54. The summed E-state index contributed by atoms with van der Waals surface area (Å²) in [6, 6.07) is 26.0. The van der Waals surface area contributed by atoms with Gasteiger partial charge in [-0.2, -0.15) is 0 Å². The summed E-state index contributed by atoms with van der Waals surface area (Å²) in [4.78, 5) is 9.17. The Morgan fingerprint density at radius 1 is 0.947 bits per heavy atom. The second-order valence-corrected chi connectivity index (χ2v) is 11.3. The zero-order chi connectivity index (χ0) is 26.2. The number of thiocarbonyl (C=S) groups is 1. The predicted molar refractivity (Wildman–Crippen MR) is 159 cm³/mol. The van der Waals surface area contributed by atoms with Crippen molar-refractivity contribution < 1.29 is 4.42 Å². The molecular formula is C31H31ClN4OS. The molecule has 0 bridgehead atoms. The summed E-state index contributed by atoms with van der Waals surface area (Å²) in [6.07, 6.45) is 3.06. The summed E-state index contributed by atoms with van der Waals surface area (Å²) in [6.45, 7) is 6.67. The highest BCUT2D eigenvalue weighted by atomic mass is 35.5. The molecule has 4 heterocycles. The van der Waals surface area contributed by atoms with Crippen molar-refractivity contribution in [2.75, 3.05) is 22.9 Å². The topological polar surface area (TPSA) is 44.5 Å². The fourth-order valence-corrected chi connectivity index (χ4v) is 6.59. The first kappa shape index (κ1) is 25.0. The molecule has 2 aliphatic heterocycles. The van der Waals surface area contributed by atoms with Gasteiger partial charge in [-0.25, -0.2) is 0 Å². The second-order valence-electron chi connectivity index (χ2n) is 10.6. The van der Waals surface area contributed by atoms with Crippen molar-refractivity contribution in [3.8, 4) is 11.3 Å². The van der Waals surface area contributed by atoms with E-state index in [0.717, 1.165) is 52.3 Å². The van der Waals surface area contributed by atoms with E-state index in [4.69, 9.17) is 28.2 Å². The van der Waals surface area contributed by atoms with E-state index in [0.29, 0.717) is 16.9 Å². The summed E-state index contributed by atoms with van der Waals surface area (Å²) in [5, 5.41) is 4.86. The van der Waals surface area contributed by atoms with Crippen LogP contribution in [0.15, 0.2) is 89.5 Å². The molecule has 194 valence electrons. The van der Waals surface area contributed by atoms with Gasteiger partial charge in [-0.3, -0.25) is 4.98 Å². The number of hydrogen-bond acceptors (Lipinski definition) is 4. The maximum absolute atomic E-state index is 6.95. The summed E-state index contributed by atoms with van der Waals surface area (Å²) in [7, 11) is 0. The number of benzene rings is 2. The average molecular weight is 543 g/mol. The molecule has 6 rings (SSSR count). The molecular weight excluding hydrogens is 512 g/mol. The number of furan rings is 1. The molecule has 2 aliphatic rings. The molecule has 0 radical (unpaired) electrons. The van der Waals surface area contributed by atoms with E-state index < -0.39 is 0 Å². The minimum atomic E-state index is -0.230. The third kappa shape index (κ3) is 4.79. The Hall–Kier alpha value is -3.35. The van der Waals surface area contributed by atoms with Crippen molar-refractivity contribution in [2.24, 2.45) is 11.8 Å².